The molecule has 32 heavy (non-hydrogen) atoms. The van der Waals surface area contributed by atoms with Gasteiger partial charge in [0.05, 0.1) is 0 Å². The van der Waals surface area contributed by atoms with Crippen LogP contribution in [0.3, 0.4) is 0 Å². The number of halogens is 1. The topological polar surface area (TPSA) is 23.6 Å². The van der Waals surface area contributed by atoms with Gasteiger partial charge in [0.25, 0.3) is 5.91 Å². The van der Waals surface area contributed by atoms with Gasteiger partial charge < -0.3 is 9.80 Å². The molecule has 0 spiro atoms. The fraction of sp³-hybridized carbons (Fsp3) is 0.393. The molecule has 3 aromatic carbocycles. The van der Waals surface area contributed by atoms with Crippen LogP contribution in [0.2, 0.25) is 0 Å². The summed E-state index contributed by atoms with van der Waals surface area (Å²) in [6.45, 7) is 8.03. The van der Waals surface area contributed by atoms with Crippen molar-refractivity contribution < 1.29 is 4.79 Å². The SMILES string of the molecule is Cc1cc2c(cc1C)C(=O)N(CCCN(C)CCCc1ccc3ccccc3c1)CC2.Cl. The minimum Gasteiger partial charge on any atom is -0.338 e. The molecule has 0 unspecified atom stereocenters. The van der Waals surface area contributed by atoms with E-state index < -0.39 is 0 Å². The Morgan fingerprint density at radius 1 is 0.906 bits per heavy atom. The van der Waals surface area contributed by atoms with Crippen LogP contribution in [0.15, 0.2) is 54.6 Å². The Morgan fingerprint density at radius 3 is 2.44 bits per heavy atom. The highest BCUT2D eigenvalue weighted by molar-refractivity contribution is 5.97. The van der Waals surface area contributed by atoms with E-state index in [2.05, 4.69) is 80.4 Å². The summed E-state index contributed by atoms with van der Waals surface area (Å²) in [6.07, 6.45) is 4.26. The molecule has 0 radical (unpaired) electrons. The number of rotatable bonds is 8. The first-order chi connectivity index (χ1) is 15.0. The van der Waals surface area contributed by atoms with Gasteiger partial charge in [-0.3, -0.25) is 4.79 Å². The Balaban J connectivity index is 0.00000289. The third-order valence-corrected chi connectivity index (χ3v) is 6.68. The van der Waals surface area contributed by atoms with E-state index in [-0.39, 0.29) is 18.3 Å². The van der Waals surface area contributed by atoms with Crippen molar-refractivity contribution in [3.05, 3.63) is 82.4 Å². The van der Waals surface area contributed by atoms with E-state index in [4.69, 9.17) is 0 Å². The summed E-state index contributed by atoms with van der Waals surface area (Å²) in [5, 5.41) is 2.63. The lowest BCUT2D eigenvalue weighted by atomic mass is 9.94. The van der Waals surface area contributed by atoms with Gasteiger partial charge in [0.2, 0.25) is 0 Å². The lowest BCUT2D eigenvalue weighted by molar-refractivity contribution is 0.0733. The molecule has 0 aliphatic carbocycles. The predicted octanol–water partition coefficient (Wildman–Crippen LogP) is 5.83. The summed E-state index contributed by atoms with van der Waals surface area (Å²) in [5.41, 5.74) is 6.04. The van der Waals surface area contributed by atoms with Crippen LogP contribution in [0.4, 0.5) is 0 Å². The molecule has 0 fully saturated rings. The van der Waals surface area contributed by atoms with Crippen LogP contribution in [0, 0.1) is 13.8 Å². The van der Waals surface area contributed by atoms with E-state index in [1.165, 1.54) is 33.0 Å². The van der Waals surface area contributed by atoms with Crippen molar-refractivity contribution in [2.45, 2.75) is 39.5 Å². The van der Waals surface area contributed by atoms with Crippen LogP contribution in [-0.4, -0.2) is 48.9 Å². The van der Waals surface area contributed by atoms with E-state index in [1.807, 2.05) is 4.90 Å². The van der Waals surface area contributed by atoms with E-state index in [9.17, 15) is 4.79 Å². The Labute approximate surface area is 198 Å². The average Bonchev–Trinajstić information content (AvgIpc) is 2.77. The second-order valence-electron chi connectivity index (χ2n) is 9.08. The van der Waals surface area contributed by atoms with Crippen LogP contribution in [-0.2, 0) is 12.8 Å². The second kappa shape index (κ2) is 11.0. The van der Waals surface area contributed by atoms with Gasteiger partial charge in [-0.25, -0.2) is 0 Å². The number of carbonyl (C=O) groups excluding carboxylic acids is 1. The number of hydrogen-bond acceptors (Lipinski definition) is 2. The number of nitrogens with zero attached hydrogens (tertiary/aromatic N) is 2. The second-order valence-corrected chi connectivity index (χ2v) is 9.08. The zero-order chi connectivity index (χ0) is 21.8. The molecule has 4 heteroatoms. The van der Waals surface area contributed by atoms with Crippen molar-refractivity contribution in [3.63, 3.8) is 0 Å². The maximum atomic E-state index is 12.9. The van der Waals surface area contributed by atoms with E-state index in [1.54, 1.807) is 0 Å². The summed E-state index contributed by atoms with van der Waals surface area (Å²) in [7, 11) is 2.19. The molecule has 0 saturated heterocycles. The van der Waals surface area contributed by atoms with Gasteiger partial charge in [-0.2, -0.15) is 0 Å². The summed E-state index contributed by atoms with van der Waals surface area (Å²) in [4.78, 5) is 17.3. The van der Waals surface area contributed by atoms with Gasteiger partial charge in [-0.15, -0.1) is 12.4 Å². The van der Waals surface area contributed by atoms with Crippen molar-refractivity contribution in [3.8, 4) is 0 Å². The van der Waals surface area contributed by atoms with Crippen LogP contribution in [0.5, 0.6) is 0 Å². The molecule has 0 bridgehead atoms. The highest BCUT2D eigenvalue weighted by atomic mass is 35.5. The summed E-state index contributed by atoms with van der Waals surface area (Å²) in [5.74, 6) is 0.211. The number of benzene rings is 3. The molecular weight excluding hydrogens is 416 g/mol. The van der Waals surface area contributed by atoms with Gasteiger partial charge in [-0.05, 0) is 98.8 Å². The molecule has 1 amide bonds. The van der Waals surface area contributed by atoms with Gasteiger partial charge in [0, 0.05) is 18.7 Å². The Hall–Kier alpha value is -2.36. The van der Waals surface area contributed by atoms with Crippen LogP contribution >= 0.6 is 12.4 Å². The van der Waals surface area contributed by atoms with E-state index in [0.717, 1.165) is 57.4 Å². The standard InChI is InChI=1S/C28H34N2O.ClH/c1-21-18-26-13-17-30(28(31)27(26)19-22(21)2)16-7-15-29(3)14-6-8-23-11-12-24-9-4-5-10-25(24)20-23;/h4-5,9-12,18-20H,6-8,13-17H2,1-3H3;1H. The highest BCUT2D eigenvalue weighted by Gasteiger charge is 2.24. The number of fused-ring (bicyclic) bond motifs is 2. The molecule has 4 rings (SSSR count). The quantitative estimate of drug-likeness (QED) is 0.431. The summed E-state index contributed by atoms with van der Waals surface area (Å²) >= 11 is 0. The lowest BCUT2D eigenvalue weighted by Gasteiger charge is -2.30. The van der Waals surface area contributed by atoms with Gasteiger partial charge in [-0.1, -0.05) is 48.5 Å². The molecule has 1 aliphatic rings. The molecule has 3 aromatic rings. The number of amides is 1. The van der Waals surface area contributed by atoms with Gasteiger partial charge in [0.1, 0.15) is 0 Å². The number of hydrogen-bond donors (Lipinski definition) is 0. The van der Waals surface area contributed by atoms with Crippen LogP contribution in [0.1, 0.15) is 45.5 Å². The first-order valence-corrected chi connectivity index (χ1v) is 11.6. The lowest BCUT2D eigenvalue weighted by Crippen LogP contribution is -2.39. The predicted molar refractivity (Wildman–Crippen MR) is 137 cm³/mol. The minimum absolute atomic E-state index is 0. The molecule has 0 aromatic heterocycles. The maximum Gasteiger partial charge on any atom is 0.254 e. The maximum absolute atomic E-state index is 12.9. The Morgan fingerprint density at radius 2 is 1.62 bits per heavy atom. The van der Waals surface area contributed by atoms with Crippen LogP contribution in [0.25, 0.3) is 10.8 Å². The van der Waals surface area contributed by atoms with Crippen molar-refractivity contribution in [2.75, 3.05) is 33.2 Å². The normalized spacial score (nSPS) is 13.4. The first kappa shape index (κ1) is 24.3. The fourth-order valence-electron chi connectivity index (χ4n) is 4.61. The van der Waals surface area contributed by atoms with Gasteiger partial charge in [0.15, 0.2) is 0 Å². The molecule has 0 N–H and O–H groups in total. The number of carbonyl (C=O) groups is 1. The van der Waals surface area contributed by atoms with E-state index >= 15 is 0 Å². The van der Waals surface area contributed by atoms with Crippen LogP contribution < -0.4 is 0 Å². The highest BCUT2D eigenvalue weighted by Crippen LogP contribution is 2.23. The summed E-state index contributed by atoms with van der Waals surface area (Å²) < 4.78 is 0. The van der Waals surface area contributed by atoms with Crippen molar-refractivity contribution in [1.82, 2.24) is 9.80 Å². The molecule has 0 atom stereocenters. The fourth-order valence-corrected chi connectivity index (χ4v) is 4.61. The molecule has 0 saturated carbocycles. The molecule has 3 nitrogen and oxygen atoms in total. The monoisotopic (exact) mass is 450 g/mol. The molecule has 1 heterocycles. The first-order valence-electron chi connectivity index (χ1n) is 11.6. The Kier molecular flexibility index (Phi) is 8.33. The smallest absolute Gasteiger partial charge is 0.254 e. The minimum atomic E-state index is 0. The Bertz CT molecular complexity index is 1080. The largest absolute Gasteiger partial charge is 0.338 e. The third kappa shape index (κ3) is 5.70. The zero-order valence-electron chi connectivity index (χ0n) is 19.6. The molecule has 1 aliphatic heterocycles. The van der Waals surface area contributed by atoms with E-state index in [0.29, 0.717) is 0 Å². The number of aryl methyl sites for hydroxylation is 3. The molecule has 170 valence electrons. The third-order valence-electron chi connectivity index (χ3n) is 6.68. The van der Waals surface area contributed by atoms with Crippen molar-refractivity contribution >= 4 is 29.1 Å². The molecular formula is C28H35ClN2O. The van der Waals surface area contributed by atoms with Gasteiger partial charge >= 0.3 is 0 Å². The van der Waals surface area contributed by atoms with Crippen molar-refractivity contribution in [1.29, 1.82) is 0 Å². The average molecular weight is 451 g/mol. The van der Waals surface area contributed by atoms with Crippen molar-refractivity contribution in [2.24, 2.45) is 0 Å². The summed E-state index contributed by atoms with van der Waals surface area (Å²) in [6, 6.07) is 19.6. The zero-order valence-corrected chi connectivity index (χ0v) is 20.4.